The second kappa shape index (κ2) is 7.74. The molecule has 0 saturated carbocycles. The number of aryl methyl sites for hydroxylation is 1. The molecule has 0 fully saturated rings. The van der Waals surface area contributed by atoms with Gasteiger partial charge < -0.3 is 10.4 Å². The number of carbonyl (C=O) groups is 2. The molecule has 19 heavy (non-hydrogen) atoms. The lowest BCUT2D eigenvalue weighted by molar-refractivity contribution is -0.136. The van der Waals surface area contributed by atoms with Crippen molar-refractivity contribution < 1.29 is 14.7 Å². The van der Waals surface area contributed by atoms with E-state index in [1.165, 1.54) is 0 Å². The summed E-state index contributed by atoms with van der Waals surface area (Å²) < 4.78 is 1.11. The van der Waals surface area contributed by atoms with Crippen LogP contribution in [0.5, 0.6) is 0 Å². The number of nitrogens with one attached hydrogen (secondary N) is 1. The van der Waals surface area contributed by atoms with Gasteiger partial charge in [0.2, 0.25) is 5.91 Å². The number of hydrogen-bond donors (Lipinski definition) is 2. The van der Waals surface area contributed by atoms with Gasteiger partial charge in [0.1, 0.15) is 5.25 Å². The van der Waals surface area contributed by atoms with E-state index >= 15 is 0 Å². The molecule has 0 aliphatic heterocycles. The predicted molar refractivity (Wildman–Crippen MR) is 86.7 cm³/mol. The highest BCUT2D eigenvalue weighted by Crippen LogP contribution is 2.19. The van der Waals surface area contributed by atoms with Gasteiger partial charge in [0.25, 0.3) is 0 Å². The molecule has 1 unspecified atom stereocenters. The van der Waals surface area contributed by atoms with E-state index in [1.54, 1.807) is 6.92 Å². The molecule has 0 bridgehead atoms. The van der Waals surface area contributed by atoms with Gasteiger partial charge in [-0.15, -0.1) is 11.8 Å². The summed E-state index contributed by atoms with van der Waals surface area (Å²) in [7, 11) is 0. The van der Waals surface area contributed by atoms with Crippen LogP contribution in [0, 0.1) is 10.5 Å². The highest BCUT2D eigenvalue weighted by Gasteiger charge is 2.17. The van der Waals surface area contributed by atoms with Gasteiger partial charge in [-0.2, -0.15) is 0 Å². The molecule has 4 nitrogen and oxygen atoms in total. The highest BCUT2D eigenvalue weighted by molar-refractivity contribution is 14.1. The summed E-state index contributed by atoms with van der Waals surface area (Å²) in [6.07, 6.45) is 0.510. The number of aliphatic carboxylic acids is 1. The van der Waals surface area contributed by atoms with Crippen molar-refractivity contribution in [1.29, 1.82) is 0 Å². The molecule has 1 rings (SSSR count). The van der Waals surface area contributed by atoms with Gasteiger partial charge in [-0.3, -0.25) is 9.59 Å². The Morgan fingerprint density at radius 1 is 1.47 bits per heavy atom. The lowest BCUT2D eigenvalue weighted by Gasteiger charge is -2.11. The van der Waals surface area contributed by atoms with Gasteiger partial charge in [0.15, 0.2) is 0 Å². The van der Waals surface area contributed by atoms with Gasteiger partial charge >= 0.3 is 5.97 Å². The average molecular weight is 393 g/mol. The number of amides is 1. The van der Waals surface area contributed by atoms with Gasteiger partial charge in [0, 0.05) is 9.26 Å². The first-order valence-corrected chi connectivity index (χ1v) is 7.97. The minimum absolute atomic E-state index is 0.149. The zero-order valence-corrected chi connectivity index (χ0v) is 13.7. The third-order valence-electron chi connectivity index (χ3n) is 2.52. The molecular formula is C13H16INO3S. The molecule has 0 heterocycles. The Hall–Kier alpha value is -0.760. The first kappa shape index (κ1) is 16.3. The summed E-state index contributed by atoms with van der Waals surface area (Å²) >= 11 is 3.36. The van der Waals surface area contributed by atoms with Crippen LogP contribution in [0.4, 0.5) is 5.69 Å². The third kappa shape index (κ3) is 5.40. The Balaban J connectivity index is 2.53. The topological polar surface area (TPSA) is 66.4 Å². The first-order chi connectivity index (χ1) is 8.93. The summed E-state index contributed by atoms with van der Waals surface area (Å²) in [5.74, 6) is -0.893. The standard InChI is InChI=1S/C13H16INO3S/c1-3-11(13(17)18)19-7-12(16)15-10-5-4-9(14)6-8(10)2/h4-6,11H,3,7H2,1-2H3,(H,15,16)(H,17,18). The molecule has 6 heteroatoms. The minimum atomic E-state index is -0.870. The fourth-order valence-electron chi connectivity index (χ4n) is 1.49. The van der Waals surface area contributed by atoms with Crippen molar-refractivity contribution in [2.75, 3.05) is 11.1 Å². The van der Waals surface area contributed by atoms with E-state index < -0.39 is 11.2 Å². The Kier molecular flexibility index (Phi) is 6.64. The number of halogens is 1. The molecular weight excluding hydrogens is 377 g/mol. The number of benzene rings is 1. The smallest absolute Gasteiger partial charge is 0.316 e. The second-order valence-electron chi connectivity index (χ2n) is 4.05. The largest absolute Gasteiger partial charge is 0.480 e. The van der Waals surface area contributed by atoms with Crippen LogP contribution in [-0.4, -0.2) is 28.0 Å². The SMILES string of the molecule is CCC(SCC(=O)Nc1ccc(I)cc1C)C(=O)O. The number of anilines is 1. The molecule has 1 aromatic carbocycles. The molecule has 0 spiro atoms. The van der Waals surface area contributed by atoms with Crippen LogP contribution in [0.25, 0.3) is 0 Å². The third-order valence-corrected chi connectivity index (χ3v) is 4.56. The van der Waals surface area contributed by atoms with Crippen LogP contribution in [0.15, 0.2) is 18.2 Å². The fourth-order valence-corrected chi connectivity index (χ4v) is 2.94. The normalized spacial score (nSPS) is 11.9. The van der Waals surface area contributed by atoms with Crippen LogP contribution in [0.3, 0.4) is 0 Å². The van der Waals surface area contributed by atoms with Crippen LogP contribution in [0.2, 0.25) is 0 Å². The fraction of sp³-hybridized carbons (Fsp3) is 0.385. The Bertz CT molecular complexity index is 479. The van der Waals surface area contributed by atoms with Crippen LogP contribution in [0.1, 0.15) is 18.9 Å². The molecule has 1 amide bonds. The lowest BCUT2D eigenvalue weighted by Crippen LogP contribution is -2.21. The highest BCUT2D eigenvalue weighted by atomic mass is 127. The summed E-state index contributed by atoms with van der Waals surface area (Å²) in [5.41, 5.74) is 1.77. The zero-order chi connectivity index (χ0) is 14.4. The van der Waals surface area contributed by atoms with Crippen molar-refractivity contribution in [2.24, 2.45) is 0 Å². The molecule has 0 saturated heterocycles. The summed E-state index contributed by atoms with van der Waals surface area (Å²) in [5, 5.41) is 11.2. The number of thioether (sulfide) groups is 1. The quantitative estimate of drug-likeness (QED) is 0.729. The van der Waals surface area contributed by atoms with E-state index in [4.69, 9.17) is 5.11 Å². The van der Waals surface area contributed by atoms with Gasteiger partial charge in [-0.1, -0.05) is 6.92 Å². The van der Waals surface area contributed by atoms with Crippen molar-refractivity contribution in [2.45, 2.75) is 25.5 Å². The van der Waals surface area contributed by atoms with Gasteiger partial charge in [0.05, 0.1) is 5.75 Å². The number of carboxylic acids is 1. The average Bonchev–Trinajstić information content (AvgIpc) is 2.33. The molecule has 0 aromatic heterocycles. The number of carboxylic acid groups (broad SMARTS) is 1. The molecule has 0 radical (unpaired) electrons. The van der Waals surface area contributed by atoms with Gasteiger partial charge in [-0.25, -0.2) is 0 Å². The van der Waals surface area contributed by atoms with E-state index in [0.717, 1.165) is 26.6 Å². The summed E-state index contributed by atoms with van der Waals surface area (Å²) in [6, 6.07) is 5.76. The van der Waals surface area contributed by atoms with E-state index in [9.17, 15) is 9.59 Å². The van der Waals surface area contributed by atoms with Crippen LogP contribution < -0.4 is 5.32 Å². The van der Waals surface area contributed by atoms with E-state index in [0.29, 0.717) is 6.42 Å². The molecule has 104 valence electrons. The van der Waals surface area contributed by atoms with Crippen molar-refractivity contribution >= 4 is 51.9 Å². The molecule has 0 aliphatic rings. The first-order valence-electron chi connectivity index (χ1n) is 5.84. The Morgan fingerprint density at radius 3 is 2.68 bits per heavy atom. The van der Waals surface area contributed by atoms with E-state index in [1.807, 2.05) is 25.1 Å². The maximum atomic E-state index is 11.8. The van der Waals surface area contributed by atoms with Crippen molar-refractivity contribution in [1.82, 2.24) is 0 Å². The van der Waals surface area contributed by atoms with Crippen LogP contribution in [-0.2, 0) is 9.59 Å². The predicted octanol–water partition coefficient (Wildman–Crippen LogP) is 3.13. The Morgan fingerprint density at radius 2 is 2.16 bits per heavy atom. The van der Waals surface area contributed by atoms with Crippen molar-refractivity contribution in [3.05, 3.63) is 27.3 Å². The monoisotopic (exact) mass is 393 g/mol. The second-order valence-corrected chi connectivity index (χ2v) is 6.49. The van der Waals surface area contributed by atoms with Crippen molar-refractivity contribution in [3.63, 3.8) is 0 Å². The maximum absolute atomic E-state index is 11.8. The summed E-state index contributed by atoms with van der Waals surface area (Å²) in [6.45, 7) is 3.73. The maximum Gasteiger partial charge on any atom is 0.316 e. The van der Waals surface area contributed by atoms with Crippen molar-refractivity contribution in [3.8, 4) is 0 Å². The molecule has 1 aromatic rings. The zero-order valence-electron chi connectivity index (χ0n) is 10.8. The van der Waals surface area contributed by atoms with Crippen LogP contribution >= 0.6 is 34.4 Å². The number of carbonyl (C=O) groups excluding carboxylic acids is 1. The van der Waals surface area contributed by atoms with E-state index in [-0.39, 0.29) is 11.7 Å². The molecule has 0 aliphatic carbocycles. The number of hydrogen-bond acceptors (Lipinski definition) is 3. The molecule has 2 N–H and O–H groups in total. The minimum Gasteiger partial charge on any atom is -0.480 e. The molecule has 1 atom stereocenters. The number of rotatable bonds is 6. The lowest BCUT2D eigenvalue weighted by atomic mass is 10.2. The Labute approximate surface area is 130 Å². The van der Waals surface area contributed by atoms with Gasteiger partial charge in [-0.05, 0) is 59.7 Å². The van der Waals surface area contributed by atoms with E-state index in [2.05, 4.69) is 27.9 Å². The summed E-state index contributed by atoms with van der Waals surface area (Å²) in [4.78, 5) is 22.6.